The zero-order chi connectivity index (χ0) is 21.2. The van der Waals surface area contributed by atoms with Gasteiger partial charge in [0.25, 0.3) is 21.6 Å². The van der Waals surface area contributed by atoms with Crippen LogP contribution in [0.15, 0.2) is 34.2 Å². The lowest BCUT2D eigenvalue weighted by Crippen LogP contribution is -2.90. The standard InChI is InChI=1S/C16H22N6O6S/c1-8-2-4-9(5-3-8)29(26,27)28-11-6-22-14(18)19-10(7-23)12-15(22,16(11,24)25)21-13(17)20-12/h2-5,10-12,23-25H,6-7H2,1H3,(H2,18,19)(H3,17,20,21)/p+1/t10-,11-,12-,15-/m0/s1. The minimum Gasteiger partial charge on any atom is -0.394 e. The van der Waals surface area contributed by atoms with E-state index in [1.54, 1.807) is 19.1 Å². The lowest BCUT2D eigenvalue weighted by Gasteiger charge is -2.45. The Morgan fingerprint density at radius 3 is 2.62 bits per heavy atom. The number of aliphatic hydroxyl groups excluding tert-OH is 1. The van der Waals surface area contributed by atoms with Gasteiger partial charge in [-0.3, -0.25) is 19.8 Å². The van der Waals surface area contributed by atoms with Crippen LogP contribution in [-0.4, -0.2) is 83.3 Å². The average Bonchev–Trinajstić information content (AvgIpc) is 3.11. The van der Waals surface area contributed by atoms with Crippen LogP contribution in [-0.2, 0) is 14.3 Å². The number of nitrogens with zero attached hydrogens (tertiary/aromatic N) is 2. The highest BCUT2D eigenvalue weighted by Crippen LogP contribution is 2.43. The number of nitrogens with one attached hydrogen (secondary N) is 2. The summed E-state index contributed by atoms with van der Waals surface area (Å²) >= 11 is 0. The van der Waals surface area contributed by atoms with Crippen molar-refractivity contribution in [2.45, 2.75) is 41.5 Å². The van der Waals surface area contributed by atoms with Crippen molar-refractivity contribution in [2.24, 2.45) is 16.5 Å². The van der Waals surface area contributed by atoms with Crippen LogP contribution in [0.2, 0.25) is 0 Å². The maximum absolute atomic E-state index is 12.7. The smallest absolute Gasteiger partial charge is 0.343 e. The Balaban J connectivity index is 1.72. The molecule has 1 spiro atoms. The van der Waals surface area contributed by atoms with Crippen LogP contribution in [0.4, 0.5) is 0 Å². The van der Waals surface area contributed by atoms with Gasteiger partial charge in [-0.15, -0.1) is 0 Å². The van der Waals surface area contributed by atoms with Crippen LogP contribution in [0, 0.1) is 6.92 Å². The summed E-state index contributed by atoms with van der Waals surface area (Å²) < 4.78 is 30.7. The Kier molecular flexibility index (Phi) is 4.29. The molecule has 9 N–H and O–H groups in total. The van der Waals surface area contributed by atoms with E-state index in [0.717, 1.165) is 5.56 Å². The maximum Gasteiger partial charge on any atom is 0.343 e. The molecule has 3 aliphatic rings. The highest BCUT2D eigenvalue weighted by atomic mass is 32.2. The van der Waals surface area contributed by atoms with Crippen molar-refractivity contribution in [1.29, 1.82) is 0 Å². The predicted octanol–water partition coefficient (Wildman–Crippen LogP) is -5.18. The molecule has 0 radical (unpaired) electrons. The molecular weight excluding hydrogens is 404 g/mol. The molecule has 29 heavy (non-hydrogen) atoms. The first-order valence-corrected chi connectivity index (χ1v) is 10.3. The van der Waals surface area contributed by atoms with Crippen molar-refractivity contribution >= 4 is 22.0 Å². The Morgan fingerprint density at radius 1 is 1.34 bits per heavy atom. The van der Waals surface area contributed by atoms with E-state index in [0.29, 0.717) is 0 Å². The highest BCUT2D eigenvalue weighted by Gasteiger charge is 2.77. The van der Waals surface area contributed by atoms with Gasteiger partial charge >= 0.3 is 5.96 Å². The number of benzene rings is 1. The van der Waals surface area contributed by atoms with Gasteiger partial charge in [-0.25, -0.2) is 10.3 Å². The van der Waals surface area contributed by atoms with Crippen molar-refractivity contribution < 1.29 is 32.9 Å². The molecule has 0 aromatic heterocycles. The monoisotopic (exact) mass is 427 g/mol. The molecule has 3 aliphatic heterocycles. The molecule has 1 aromatic rings. The molecule has 12 nitrogen and oxygen atoms in total. The second-order valence-corrected chi connectivity index (χ2v) is 8.93. The number of aliphatic hydroxyl groups is 3. The molecule has 13 heteroatoms. The van der Waals surface area contributed by atoms with Gasteiger partial charge in [0.15, 0.2) is 18.1 Å². The van der Waals surface area contributed by atoms with E-state index in [1.165, 1.54) is 17.0 Å². The first-order chi connectivity index (χ1) is 13.5. The Labute approximate surface area is 166 Å². The van der Waals surface area contributed by atoms with E-state index >= 15 is 0 Å². The van der Waals surface area contributed by atoms with Crippen LogP contribution in [0.1, 0.15) is 5.56 Å². The van der Waals surface area contributed by atoms with Crippen LogP contribution in [0.5, 0.6) is 0 Å². The van der Waals surface area contributed by atoms with Crippen molar-refractivity contribution in [2.75, 3.05) is 13.2 Å². The maximum atomic E-state index is 12.7. The third kappa shape index (κ3) is 2.69. The molecule has 158 valence electrons. The minimum atomic E-state index is -4.32. The zero-order valence-electron chi connectivity index (χ0n) is 15.5. The van der Waals surface area contributed by atoms with E-state index < -0.39 is 46.4 Å². The number of nitrogens with two attached hydrogens (primary N) is 2. The van der Waals surface area contributed by atoms with Gasteiger partial charge in [-0.2, -0.15) is 8.42 Å². The predicted molar refractivity (Wildman–Crippen MR) is 99.4 cm³/mol. The fourth-order valence-electron chi connectivity index (χ4n) is 4.15. The quantitative estimate of drug-likeness (QED) is 0.180. The molecule has 1 aromatic carbocycles. The van der Waals surface area contributed by atoms with Crippen LogP contribution in [0.25, 0.3) is 0 Å². The molecule has 3 heterocycles. The topological polar surface area (TPSA) is 198 Å². The first kappa shape index (κ1) is 19.8. The molecule has 0 bridgehead atoms. The van der Waals surface area contributed by atoms with Crippen molar-refractivity contribution in [1.82, 2.24) is 10.2 Å². The van der Waals surface area contributed by atoms with Gasteiger partial charge in [0, 0.05) is 0 Å². The average molecular weight is 427 g/mol. The molecule has 4 atom stereocenters. The molecule has 1 saturated heterocycles. The molecule has 0 aliphatic carbocycles. The summed E-state index contributed by atoms with van der Waals surface area (Å²) in [5.74, 6) is -2.88. The van der Waals surface area contributed by atoms with E-state index in [2.05, 4.69) is 15.3 Å². The molecule has 0 amide bonds. The van der Waals surface area contributed by atoms with Gasteiger partial charge in [0.05, 0.1) is 18.0 Å². The summed E-state index contributed by atoms with van der Waals surface area (Å²) in [6.07, 6.45) is -1.62. The number of hydrogen-bond acceptors (Lipinski definition) is 11. The van der Waals surface area contributed by atoms with E-state index in [-0.39, 0.29) is 23.4 Å². The summed E-state index contributed by atoms with van der Waals surface area (Å²) in [7, 11) is -4.32. The van der Waals surface area contributed by atoms with E-state index in [9.17, 15) is 23.7 Å². The first-order valence-electron chi connectivity index (χ1n) is 8.86. The lowest BCUT2D eigenvalue weighted by molar-refractivity contribution is -0.523. The normalized spacial score (nSPS) is 32.8. The van der Waals surface area contributed by atoms with Crippen LogP contribution in [0.3, 0.4) is 0 Å². The van der Waals surface area contributed by atoms with Gasteiger partial charge in [-0.05, 0) is 19.1 Å². The zero-order valence-corrected chi connectivity index (χ0v) is 16.3. The number of aryl methyl sites for hydroxylation is 1. The van der Waals surface area contributed by atoms with Gasteiger partial charge < -0.3 is 21.1 Å². The SMILES string of the molecule is Cc1ccc(S(=O)(=O)O[C@H]2CN3C(N)=N[C@@H](CO)[C@@H]4[NH+]=C(N)N[C@@]43C2(O)O)cc1. The molecular formula is C16H23N6O6S+. The number of aliphatic imine (C=N–C) groups is 1. The third-order valence-corrected chi connectivity index (χ3v) is 6.90. The van der Waals surface area contributed by atoms with Crippen molar-refractivity contribution in [3.8, 4) is 0 Å². The summed E-state index contributed by atoms with van der Waals surface area (Å²) in [6, 6.07) is 4.16. The largest absolute Gasteiger partial charge is 0.394 e. The fourth-order valence-corrected chi connectivity index (χ4v) is 5.23. The molecule has 4 rings (SSSR count). The fraction of sp³-hybridized carbons (Fsp3) is 0.500. The summed E-state index contributed by atoms with van der Waals surface area (Å²) in [6.45, 7) is 1.05. The Bertz CT molecular complexity index is 994. The van der Waals surface area contributed by atoms with Crippen LogP contribution < -0.4 is 21.8 Å². The summed E-state index contributed by atoms with van der Waals surface area (Å²) in [4.78, 5) is 8.12. The van der Waals surface area contributed by atoms with Gasteiger partial charge in [0.2, 0.25) is 0 Å². The third-order valence-electron chi connectivity index (χ3n) is 5.57. The van der Waals surface area contributed by atoms with E-state index in [4.69, 9.17) is 15.7 Å². The second kappa shape index (κ2) is 6.27. The van der Waals surface area contributed by atoms with Gasteiger partial charge in [-0.1, -0.05) is 17.7 Å². The highest BCUT2D eigenvalue weighted by molar-refractivity contribution is 7.86. The minimum absolute atomic E-state index is 0.00198. The Hall–Kier alpha value is -2.45. The van der Waals surface area contributed by atoms with E-state index in [1.807, 2.05) is 0 Å². The molecule has 1 fully saturated rings. The number of rotatable bonds is 4. The summed E-state index contributed by atoms with van der Waals surface area (Å²) in [5, 5.41) is 34.6. The van der Waals surface area contributed by atoms with Crippen molar-refractivity contribution in [3.05, 3.63) is 29.8 Å². The van der Waals surface area contributed by atoms with Crippen LogP contribution >= 0.6 is 0 Å². The molecule has 0 unspecified atom stereocenters. The molecule has 0 saturated carbocycles. The van der Waals surface area contributed by atoms with Crippen molar-refractivity contribution in [3.63, 3.8) is 0 Å². The number of hydrogen-bond donors (Lipinski definition) is 7. The number of guanidine groups is 2. The lowest BCUT2D eigenvalue weighted by atomic mass is 9.86. The Morgan fingerprint density at radius 2 is 2.00 bits per heavy atom. The second-order valence-electron chi connectivity index (χ2n) is 7.35. The summed E-state index contributed by atoms with van der Waals surface area (Å²) in [5.41, 5.74) is 10.9. The van der Waals surface area contributed by atoms with Gasteiger partial charge in [0.1, 0.15) is 6.04 Å².